The minimum atomic E-state index is -1.42. The maximum atomic E-state index is 14.8. The van der Waals surface area contributed by atoms with Crippen LogP contribution < -0.4 is 10.0 Å². The number of fused-ring (bicyclic) bond motifs is 2. The van der Waals surface area contributed by atoms with Crippen molar-refractivity contribution in [3.8, 4) is 33.8 Å². The molecule has 4 heterocycles. The summed E-state index contributed by atoms with van der Waals surface area (Å²) in [5.41, 5.74) is 9.50. The molecule has 0 radical (unpaired) electrons. The van der Waals surface area contributed by atoms with E-state index in [0.29, 0.717) is 6.54 Å². The maximum Gasteiger partial charge on any atom is 0.124 e. The molecule has 9 heteroatoms. The molecule has 224 valence electrons. The Hall–Kier alpha value is -4.73. The van der Waals surface area contributed by atoms with E-state index >= 15 is 0 Å². The van der Waals surface area contributed by atoms with E-state index in [4.69, 9.17) is 0 Å². The van der Waals surface area contributed by atoms with Gasteiger partial charge in [-0.25, -0.2) is 4.39 Å². The normalized spacial score (nSPS) is 11.8. The predicted octanol–water partition coefficient (Wildman–Crippen LogP) is 8.39. The number of aromatic nitrogens is 5. The largest absolute Gasteiger partial charge is 0.358 e. The number of unbranched alkanes of at least 4 members (excludes halogenated alkanes) is 1. The number of benzene rings is 2. The highest BCUT2D eigenvalue weighted by atomic mass is 32.2. The zero-order valence-electron chi connectivity index (χ0n) is 25.0. The summed E-state index contributed by atoms with van der Waals surface area (Å²) in [6.45, 7) is 6.80. The molecule has 0 fully saturated rings. The fourth-order valence-corrected chi connectivity index (χ4v) is 5.80. The van der Waals surface area contributed by atoms with Crippen molar-refractivity contribution in [1.82, 2.24) is 29.9 Å². The second-order valence-corrected chi connectivity index (χ2v) is 14.2. The fraction of sp³-hybridized carbons (Fsp3) is 0.171. The van der Waals surface area contributed by atoms with Crippen LogP contribution in [0.4, 0.5) is 10.1 Å². The van der Waals surface area contributed by atoms with Gasteiger partial charge in [-0.1, -0.05) is 43.8 Å². The Balaban J connectivity index is 1.35. The third-order valence-electron chi connectivity index (χ3n) is 7.45. The predicted molar refractivity (Wildman–Crippen MR) is 187 cm³/mol. The highest BCUT2D eigenvalue weighted by molar-refractivity contribution is 8.25. The van der Waals surface area contributed by atoms with Crippen LogP contribution in [0.3, 0.4) is 0 Å². The molecular formula is C35H36FN7S. The van der Waals surface area contributed by atoms with Crippen molar-refractivity contribution in [3.63, 3.8) is 0 Å². The number of hydrogen-bond acceptors (Lipinski definition) is 5. The van der Waals surface area contributed by atoms with Gasteiger partial charge in [0.15, 0.2) is 0 Å². The SMILES string of the molecule is C=C(CCCC)Nc1cncc(-c2cc3c(-c4cc5c(-c6cc(F)cc(CNS(=C)(=C)C)c6)cccc5[nH]4)n[nH]c3cn2)c1. The molecule has 4 aromatic heterocycles. The minimum absolute atomic E-state index is 0.283. The zero-order chi connectivity index (χ0) is 30.8. The Labute approximate surface area is 257 Å². The summed E-state index contributed by atoms with van der Waals surface area (Å²) in [7, 11) is -1.42. The molecule has 0 saturated carbocycles. The van der Waals surface area contributed by atoms with Gasteiger partial charge in [0.2, 0.25) is 0 Å². The van der Waals surface area contributed by atoms with Gasteiger partial charge in [0.25, 0.3) is 0 Å². The third-order valence-corrected chi connectivity index (χ3v) is 8.29. The number of allylic oxidation sites excluding steroid dienone is 1. The van der Waals surface area contributed by atoms with E-state index in [1.165, 1.54) is 0 Å². The Morgan fingerprint density at radius 2 is 1.84 bits per heavy atom. The summed E-state index contributed by atoms with van der Waals surface area (Å²) < 4.78 is 18.1. The monoisotopic (exact) mass is 605 g/mol. The summed E-state index contributed by atoms with van der Waals surface area (Å²) in [5.74, 6) is 7.85. The Kier molecular flexibility index (Phi) is 8.07. The molecule has 6 rings (SSSR count). The van der Waals surface area contributed by atoms with Gasteiger partial charge >= 0.3 is 0 Å². The van der Waals surface area contributed by atoms with Crippen LogP contribution in [0.15, 0.2) is 85.5 Å². The maximum absolute atomic E-state index is 14.8. The first-order valence-corrected chi connectivity index (χ1v) is 16.9. The van der Waals surface area contributed by atoms with Crippen molar-refractivity contribution in [1.29, 1.82) is 0 Å². The molecule has 4 N–H and O–H groups in total. The molecule has 7 nitrogen and oxygen atoms in total. The van der Waals surface area contributed by atoms with Gasteiger partial charge in [-0.2, -0.15) is 14.5 Å². The van der Waals surface area contributed by atoms with Crippen LogP contribution in [0.1, 0.15) is 31.7 Å². The summed E-state index contributed by atoms with van der Waals surface area (Å²) >= 11 is 0. The number of nitrogens with zero attached hydrogens (tertiary/aromatic N) is 3. The molecule has 0 unspecified atom stereocenters. The smallest absolute Gasteiger partial charge is 0.124 e. The number of H-pyrrole nitrogens is 2. The van der Waals surface area contributed by atoms with Gasteiger partial charge in [0, 0.05) is 40.3 Å². The van der Waals surface area contributed by atoms with Crippen LogP contribution in [0.5, 0.6) is 0 Å². The number of hydrogen-bond donors (Lipinski definition) is 4. The average Bonchev–Trinajstić information content (AvgIpc) is 3.62. The summed E-state index contributed by atoms with van der Waals surface area (Å²) in [6, 6.07) is 17.3. The molecule has 0 aliphatic heterocycles. The highest BCUT2D eigenvalue weighted by Crippen LogP contribution is 2.35. The van der Waals surface area contributed by atoms with Crippen molar-refractivity contribution < 1.29 is 4.39 Å². The van der Waals surface area contributed by atoms with Crippen molar-refractivity contribution in [2.75, 3.05) is 11.6 Å². The van der Waals surface area contributed by atoms with E-state index in [1.807, 2.05) is 48.9 Å². The molecule has 44 heavy (non-hydrogen) atoms. The van der Waals surface area contributed by atoms with E-state index < -0.39 is 9.39 Å². The van der Waals surface area contributed by atoms with E-state index in [9.17, 15) is 4.39 Å². The molecule has 0 atom stereocenters. The number of aromatic amines is 2. The van der Waals surface area contributed by atoms with E-state index in [2.05, 4.69) is 66.5 Å². The van der Waals surface area contributed by atoms with Crippen LogP contribution in [-0.2, 0) is 6.54 Å². The number of halogens is 1. The number of nitrogens with one attached hydrogen (secondary N) is 4. The van der Waals surface area contributed by atoms with Crippen LogP contribution in [0.2, 0.25) is 0 Å². The van der Waals surface area contributed by atoms with Crippen molar-refractivity contribution in [2.24, 2.45) is 0 Å². The highest BCUT2D eigenvalue weighted by Gasteiger charge is 2.16. The summed E-state index contributed by atoms with van der Waals surface area (Å²) in [4.78, 5) is 12.6. The number of pyridine rings is 2. The molecule has 0 saturated heterocycles. The van der Waals surface area contributed by atoms with Crippen molar-refractivity contribution >= 4 is 48.6 Å². The molecule has 0 amide bonds. The Bertz CT molecular complexity index is 2110. The lowest BCUT2D eigenvalue weighted by molar-refractivity contribution is 0.625. The molecule has 0 bridgehead atoms. The fourth-order valence-electron chi connectivity index (χ4n) is 5.29. The first-order chi connectivity index (χ1) is 21.2. The Morgan fingerprint density at radius 1 is 0.977 bits per heavy atom. The van der Waals surface area contributed by atoms with Crippen LogP contribution in [0, 0.1) is 5.82 Å². The van der Waals surface area contributed by atoms with Gasteiger partial charge in [-0.15, -0.1) is 0 Å². The van der Waals surface area contributed by atoms with E-state index in [0.717, 1.165) is 91.8 Å². The Morgan fingerprint density at radius 3 is 2.66 bits per heavy atom. The first-order valence-electron chi connectivity index (χ1n) is 14.5. The minimum Gasteiger partial charge on any atom is -0.358 e. The second kappa shape index (κ2) is 12.1. The molecule has 0 spiro atoms. The topological polar surface area (TPSA) is 94.3 Å². The number of anilines is 1. The zero-order valence-corrected chi connectivity index (χ0v) is 25.8. The van der Waals surface area contributed by atoms with Gasteiger partial charge < -0.3 is 10.3 Å². The van der Waals surface area contributed by atoms with Crippen LogP contribution in [-0.4, -0.2) is 43.1 Å². The molecule has 2 aromatic carbocycles. The lowest BCUT2D eigenvalue weighted by Crippen LogP contribution is -2.08. The molecule has 0 aliphatic carbocycles. The quantitative estimate of drug-likeness (QED) is 0.111. The second-order valence-electron chi connectivity index (χ2n) is 11.4. The van der Waals surface area contributed by atoms with Crippen molar-refractivity contribution in [3.05, 3.63) is 96.8 Å². The van der Waals surface area contributed by atoms with E-state index in [1.54, 1.807) is 24.5 Å². The van der Waals surface area contributed by atoms with Crippen molar-refractivity contribution in [2.45, 2.75) is 32.7 Å². The van der Waals surface area contributed by atoms with Gasteiger partial charge in [-0.05, 0) is 78.3 Å². The lowest BCUT2D eigenvalue weighted by atomic mass is 9.99. The summed E-state index contributed by atoms with van der Waals surface area (Å²) in [6.07, 6.45) is 10.5. The van der Waals surface area contributed by atoms with Gasteiger partial charge in [0.1, 0.15) is 11.5 Å². The van der Waals surface area contributed by atoms with Gasteiger partial charge in [-0.3, -0.25) is 19.8 Å². The van der Waals surface area contributed by atoms with Gasteiger partial charge in [0.05, 0.1) is 35.0 Å². The molecule has 0 aliphatic rings. The average molecular weight is 606 g/mol. The standard InChI is InChI=1S/C35H36FN7S/c1-6-7-9-22(2)40-27-15-25(19-37-20-27)32-17-30-34(21-38-32)42-43-35(30)33-16-29-28(10-8-11-31(29)41-33)24-12-23(13-26(36)14-24)18-39-44(3,4)5/h8,10-17,19-21,39-41H,2-4,6-7,9,18H2,1,5H3,(H,42,43). The molecule has 6 aromatic rings. The third kappa shape index (κ3) is 6.44. The lowest BCUT2D eigenvalue weighted by Gasteiger charge is -2.12. The van der Waals surface area contributed by atoms with Crippen LogP contribution in [0.25, 0.3) is 55.6 Å². The first kappa shape index (κ1) is 29.3. The number of rotatable bonds is 11. The van der Waals surface area contributed by atoms with Crippen LogP contribution >= 0.6 is 9.39 Å². The summed E-state index contributed by atoms with van der Waals surface area (Å²) in [5, 5.41) is 13.0. The molecular weight excluding hydrogens is 569 g/mol. The van der Waals surface area contributed by atoms with E-state index in [-0.39, 0.29) is 5.82 Å².